The maximum atomic E-state index is 3.67. The highest BCUT2D eigenvalue weighted by Crippen LogP contribution is 2.26. The quantitative estimate of drug-likeness (QED) is 0.893. The van der Waals surface area contributed by atoms with Crippen LogP contribution < -0.4 is 5.32 Å². The number of rotatable bonds is 2. The lowest BCUT2D eigenvalue weighted by molar-refractivity contribution is 0.240. The molecule has 0 bridgehead atoms. The number of benzene rings is 1. The number of allylic oxidation sites excluding steroid dienone is 1. The second-order valence-electron chi connectivity index (χ2n) is 7.56. The molecule has 2 aliphatic rings. The molecule has 1 aromatic heterocycles. The van der Waals surface area contributed by atoms with E-state index >= 15 is 0 Å². The normalized spacial score (nSPS) is 21.2. The molecule has 1 N–H and O–H groups in total. The van der Waals surface area contributed by atoms with Crippen LogP contribution in [0.3, 0.4) is 0 Å². The fourth-order valence-corrected chi connectivity index (χ4v) is 4.25. The minimum Gasteiger partial charge on any atom is -0.388 e. The molecule has 4 rings (SSSR count). The molecule has 3 nitrogen and oxygen atoms in total. The van der Waals surface area contributed by atoms with E-state index < -0.39 is 0 Å². The second kappa shape index (κ2) is 6.64. The highest BCUT2D eigenvalue weighted by molar-refractivity contribution is 5.82. The van der Waals surface area contributed by atoms with E-state index in [0.29, 0.717) is 0 Å². The average Bonchev–Trinajstić information content (AvgIpc) is 2.74. The van der Waals surface area contributed by atoms with Crippen LogP contribution in [0.4, 0.5) is 0 Å². The molecule has 128 valence electrons. The van der Waals surface area contributed by atoms with Crippen LogP contribution in [-0.2, 0) is 13.1 Å². The SMILES string of the molecule is CC(CN1CCn2c(cc3cc(C)ccc32)C1)=C1CCCCCN1. The molecule has 1 saturated heterocycles. The summed E-state index contributed by atoms with van der Waals surface area (Å²) in [5.41, 5.74) is 7.26. The summed E-state index contributed by atoms with van der Waals surface area (Å²) in [7, 11) is 0. The monoisotopic (exact) mass is 323 g/mol. The largest absolute Gasteiger partial charge is 0.388 e. The molecule has 3 heteroatoms. The first kappa shape index (κ1) is 15.8. The van der Waals surface area contributed by atoms with Gasteiger partial charge in [0.25, 0.3) is 0 Å². The van der Waals surface area contributed by atoms with Crippen LogP contribution in [0.25, 0.3) is 10.9 Å². The summed E-state index contributed by atoms with van der Waals surface area (Å²) in [6.45, 7) is 10.1. The summed E-state index contributed by atoms with van der Waals surface area (Å²) in [5, 5.41) is 5.06. The first-order chi connectivity index (χ1) is 11.7. The zero-order chi connectivity index (χ0) is 16.5. The molecule has 24 heavy (non-hydrogen) atoms. The van der Waals surface area contributed by atoms with Gasteiger partial charge in [-0.1, -0.05) is 18.1 Å². The van der Waals surface area contributed by atoms with Crippen LogP contribution in [0.15, 0.2) is 35.5 Å². The average molecular weight is 323 g/mol. The smallest absolute Gasteiger partial charge is 0.0483 e. The summed E-state index contributed by atoms with van der Waals surface area (Å²) in [6.07, 6.45) is 5.26. The van der Waals surface area contributed by atoms with E-state index in [1.54, 1.807) is 0 Å². The van der Waals surface area contributed by atoms with E-state index in [1.807, 2.05) is 0 Å². The predicted molar refractivity (Wildman–Crippen MR) is 101 cm³/mol. The van der Waals surface area contributed by atoms with E-state index in [9.17, 15) is 0 Å². The number of hydrogen-bond acceptors (Lipinski definition) is 2. The van der Waals surface area contributed by atoms with E-state index in [4.69, 9.17) is 0 Å². The molecule has 0 unspecified atom stereocenters. The van der Waals surface area contributed by atoms with Crippen molar-refractivity contribution in [2.24, 2.45) is 0 Å². The van der Waals surface area contributed by atoms with Gasteiger partial charge in [0.2, 0.25) is 0 Å². The second-order valence-corrected chi connectivity index (χ2v) is 7.56. The molecule has 0 radical (unpaired) electrons. The fraction of sp³-hybridized carbons (Fsp3) is 0.524. The molecule has 2 aromatic rings. The summed E-state index contributed by atoms with van der Waals surface area (Å²) in [5.74, 6) is 0. The van der Waals surface area contributed by atoms with Crippen molar-refractivity contribution < 1.29 is 0 Å². The van der Waals surface area contributed by atoms with Crippen LogP contribution in [0.5, 0.6) is 0 Å². The van der Waals surface area contributed by atoms with Crippen molar-refractivity contribution in [3.63, 3.8) is 0 Å². The van der Waals surface area contributed by atoms with Gasteiger partial charge in [-0.2, -0.15) is 0 Å². The summed E-state index contributed by atoms with van der Waals surface area (Å²) in [4.78, 5) is 2.61. The van der Waals surface area contributed by atoms with Crippen LogP contribution >= 0.6 is 0 Å². The van der Waals surface area contributed by atoms with E-state index in [-0.39, 0.29) is 0 Å². The van der Waals surface area contributed by atoms with E-state index in [1.165, 1.54) is 59.1 Å². The van der Waals surface area contributed by atoms with Crippen molar-refractivity contribution in [1.82, 2.24) is 14.8 Å². The Labute approximate surface area is 145 Å². The van der Waals surface area contributed by atoms with Crippen molar-refractivity contribution >= 4 is 10.9 Å². The molecule has 3 heterocycles. The lowest BCUT2D eigenvalue weighted by Crippen LogP contribution is -2.35. The first-order valence-corrected chi connectivity index (χ1v) is 9.44. The van der Waals surface area contributed by atoms with Gasteiger partial charge < -0.3 is 9.88 Å². The van der Waals surface area contributed by atoms with Crippen molar-refractivity contribution in [3.05, 3.63) is 46.8 Å². The lowest BCUT2D eigenvalue weighted by atomic mass is 10.1. The van der Waals surface area contributed by atoms with Crippen LogP contribution in [-0.4, -0.2) is 29.1 Å². The molecule has 0 aliphatic carbocycles. The van der Waals surface area contributed by atoms with Gasteiger partial charge in [-0.15, -0.1) is 0 Å². The maximum Gasteiger partial charge on any atom is 0.0483 e. The Hall–Kier alpha value is -1.74. The molecule has 0 amide bonds. The minimum atomic E-state index is 1.07. The molecule has 0 spiro atoms. The Bertz CT molecular complexity index is 759. The summed E-state index contributed by atoms with van der Waals surface area (Å²) in [6, 6.07) is 9.22. The molecule has 2 aliphatic heterocycles. The molecule has 1 aromatic carbocycles. The number of nitrogens with one attached hydrogen (secondary N) is 1. The Morgan fingerprint density at radius 3 is 2.96 bits per heavy atom. The number of aromatic nitrogens is 1. The van der Waals surface area contributed by atoms with Gasteiger partial charge >= 0.3 is 0 Å². The zero-order valence-electron chi connectivity index (χ0n) is 15.1. The molecular formula is C21H29N3. The third kappa shape index (κ3) is 3.10. The van der Waals surface area contributed by atoms with Crippen molar-refractivity contribution in [2.75, 3.05) is 19.6 Å². The lowest BCUT2D eigenvalue weighted by Gasteiger charge is -2.30. The molecule has 0 atom stereocenters. The summed E-state index contributed by atoms with van der Waals surface area (Å²) < 4.78 is 2.51. The maximum absolute atomic E-state index is 3.67. The number of hydrogen-bond donors (Lipinski definition) is 1. The number of aryl methyl sites for hydroxylation is 1. The van der Waals surface area contributed by atoms with E-state index in [0.717, 1.165) is 32.7 Å². The standard InChI is InChI=1S/C21H29N3/c1-16-7-8-21-18(12-16)13-19-15-23(10-11-24(19)21)14-17(2)20-6-4-3-5-9-22-20/h7-8,12-13,22H,3-6,9-11,14-15H2,1-2H3. The van der Waals surface area contributed by atoms with Gasteiger partial charge in [0.1, 0.15) is 0 Å². The van der Waals surface area contributed by atoms with Gasteiger partial charge in [-0.3, -0.25) is 4.90 Å². The van der Waals surface area contributed by atoms with Gasteiger partial charge in [0.05, 0.1) is 0 Å². The van der Waals surface area contributed by atoms with E-state index in [2.05, 4.69) is 52.9 Å². The van der Waals surface area contributed by atoms with Crippen molar-refractivity contribution in [3.8, 4) is 0 Å². The van der Waals surface area contributed by atoms with Crippen LogP contribution in [0, 0.1) is 6.92 Å². The number of fused-ring (bicyclic) bond motifs is 3. The van der Waals surface area contributed by atoms with Crippen LogP contribution in [0.1, 0.15) is 43.9 Å². The van der Waals surface area contributed by atoms with Gasteiger partial charge in [0.15, 0.2) is 0 Å². The van der Waals surface area contributed by atoms with Gasteiger partial charge in [-0.25, -0.2) is 0 Å². The van der Waals surface area contributed by atoms with Gasteiger partial charge in [-0.05, 0) is 56.9 Å². The third-order valence-electron chi connectivity index (χ3n) is 5.59. The predicted octanol–water partition coefficient (Wildman–Crippen LogP) is 4.20. The van der Waals surface area contributed by atoms with Gasteiger partial charge in [0, 0.05) is 55.0 Å². The first-order valence-electron chi connectivity index (χ1n) is 9.44. The zero-order valence-corrected chi connectivity index (χ0v) is 15.1. The van der Waals surface area contributed by atoms with Crippen molar-refractivity contribution in [2.45, 2.75) is 52.6 Å². The Balaban J connectivity index is 1.51. The number of nitrogens with zero attached hydrogens (tertiary/aromatic N) is 2. The minimum absolute atomic E-state index is 1.07. The summed E-state index contributed by atoms with van der Waals surface area (Å²) >= 11 is 0. The molecule has 0 saturated carbocycles. The Morgan fingerprint density at radius 2 is 2.04 bits per heavy atom. The Kier molecular flexibility index (Phi) is 4.36. The van der Waals surface area contributed by atoms with Crippen LogP contribution in [0.2, 0.25) is 0 Å². The Morgan fingerprint density at radius 1 is 1.12 bits per heavy atom. The van der Waals surface area contributed by atoms with Crippen molar-refractivity contribution in [1.29, 1.82) is 0 Å². The topological polar surface area (TPSA) is 20.2 Å². The molecular weight excluding hydrogens is 294 g/mol. The molecule has 1 fully saturated rings. The highest BCUT2D eigenvalue weighted by Gasteiger charge is 2.19. The highest BCUT2D eigenvalue weighted by atomic mass is 15.2. The third-order valence-corrected chi connectivity index (χ3v) is 5.59. The fourth-order valence-electron chi connectivity index (χ4n) is 4.25.